The molecule has 2 aromatic heterocycles. The van der Waals surface area contributed by atoms with Crippen LogP contribution >= 0.6 is 0 Å². The standard InChI is InChI=1S/C22H18N4O3/c1-14-5-2-3-7-17(14)24-20(27)13-29-22(28)15-8-9-18-19(11-15)26-21(25-18)16-6-4-10-23-12-16/h2-12H,13H2,1H3,(H,24,27)(H,25,26). The lowest BCUT2D eigenvalue weighted by Crippen LogP contribution is -2.21. The second kappa shape index (κ2) is 7.93. The van der Waals surface area contributed by atoms with Crippen LogP contribution in [0.2, 0.25) is 0 Å². The maximum Gasteiger partial charge on any atom is 0.338 e. The van der Waals surface area contributed by atoms with Crippen molar-refractivity contribution < 1.29 is 14.3 Å². The topological polar surface area (TPSA) is 97.0 Å². The summed E-state index contributed by atoms with van der Waals surface area (Å²) in [5.74, 6) is -0.310. The highest BCUT2D eigenvalue weighted by molar-refractivity contribution is 5.97. The molecule has 0 fully saturated rings. The number of benzene rings is 2. The molecule has 0 aliphatic rings. The number of anilines is 1. The lowest BCUT2D eigenvalue weighted by atomic mass is 10.2. The van der Waals surface area contributed by atoms with E-state index in [9.17, 15) is 9.59 Å². The number of ether oxygens (including phenoxy) is 1. The summed E-state index contributed by atoms with van der Waals surface area (Å²) in [6.07, 6.45) is 3.40. The highest BCUT2D eigenvalue weighted by Gasteiger charge is 2.13. The second-order valence-corrected chi connectivity index (χ2v) is 6.50. The maximum absolute atomic E-state index is 12.3. The molecule has 0 saturated heterocycles. The Labute approximate surface area is 166 Å². The largest absolute Gasteiger partial charge is 0.452 e. The van der Waals surface area contributed by atoms with Crippen molar-refractivity contribution in [3.8, 4) is 11.4 Å². The number of esters is 1. The van der Waals surface area contributed by atoms with E-state index in [0.29, 0.717) is 22.6 Å². The number of rotatable bonds is 5. The summed E-state index contributed by atoms with van der Waals surface area (Å²) >= 11 is 0. The van der Waals surface area contributed by atoms with Crippen molar-refractivity contribution in [3.63, 3.8) is 0 Å². The highest BCUT2D eigenvalue weighted by atomic mass is 16.5. The number of carbonyl (C=O) groups excluding carboxylic acids is 2. The van der Waals surface area contributed by atoms with Gasteiger partial charge in [0.25, 0.3) is 5.91 Å². The van der Waals surface area contributed by atoms with Gasteiger partial charge in [0.15, 0.2) is 6.61 Å². The monoisotopic (exact) mass is 386 g/mol. The summed E-state index contributed by atoms with van der Waals surface area (Å²) < 4.78 is 5.15. The van der Waals surface area contributed by atoms with Gasteiger partial charge in [-0.3, -0.25) is 9.78 Å². The van der Waals surface area contributed by atoms with Crippen molar-refractivity contribution >= 4 is 28.6 Å². The molecule has 2 heterocycles. The molecular formula is C22H18N4O3. The Bertz CT molecular complexity index is 1190. The SMILES string of the molecule is Cc1ccccc1NC(=O)COC(=O)c1ccc2nc(-c3cccnc3)[nH]c2c1. The molecule has 0 aliphatic carbocycles. The van der Waals surface area contributed by atoms with E-state index in [0.717, 1.165) is 16.6 Å². The predicted molar refractivity (Wildman–Crippen MR) is 109 cm³/mol. The summed E-state index contributed by atoms with van der Waals surface area (Å²) in [6.45, 7) is 1.52. The fourth-order valence-electron chi connectivity index (χ4n) is 2.89. The molecule has 144 valence electrons. The first-order valence-corrected chi connectivity index (χ1v) is 9.03. The first-order chi connectivity index (χ1) is 14.1. The maximum atomic E-state index is 12.3. The summed E-state index contributed by atoms with van der Waals surface area (Å²) in [5, 5.41) is 2.73. The van der Waals surface area contributed by atoms with Gasteiger partial charge >= 0.3 is 5.97 Å². The Kier molecular flexibility index (Phi) is 5.03. The Morgan fingerprint density at radius 1 is 1.10 bits per heavy atom. The van der Waals surface area contributed by atoms with E-state index in [1.165, 1.54) is 0 Å². The van der Waals surface area contributed by atoms with Crippen LogP contribution in [-0.2, 0) is 9.53 Å². The first kappa shape index (κ1) is 18.4. The zero-order chi connectivity index (χ0) is 20.2. The van der Waals surface area contributed by atoms with E-state index in [4.69, 9.17) is 4.74 Å². The molecule has 29 heavy (non-hydrogen) atoms. The molecule has 4 rings (SSSR count). The third-order valence-corrected chi connectivity index (χ3v) is 4.41. The molecule has 7 nitrogen and oxygen atoms in total. The van der Waals surface area contributed by atoms with Gasteiger partial charge in [-0.2, -0.15) is 0 Å². The van der Waals surface area contributed by atoms with Gasteiger partial charge < -0.3 is 15.0 Å². The average Bonchev–Trinajstić information content (AvgIpc) is 3.18. The molecule has 0 radical (unpaired) electrons. The molecule has 0 aliphatic heterocycles. The van der Waals surface area contributed by atoms with Gasteiger partial charge in [0.05, 0.1) is 16.6 Å². The lowest BCUT2D eigenvalue weighted by Gasteiger charge is -2.08. The number of fused-ring (bicyclic) bond motifs is 1. The molecule has 1 amide bonds. The van der Waals surface area contributed by atoms with Crippen molar-refractivity contribution in [1.29, 1.82) is 0 Å². The third kappa shape index (κ3) is 4.14. The quantitative estimate of drug-likeness (QED) is 0.510. The molecule has 2 aromatic carbocycles. The number of carbonyl (C=O) groups is 2. The Balaban J connectivity index is 1.43. The number of aromatic nitrogens is 3. The number of hydrogen-bond acceptors (Lipinski definition) is 5. The third-order valence-electron chi connectivity index (χ3n) is 4.41. The normalized spacial score (nSPS) is 10.7. The van der Waals surface area contributed by atoms with Gasteiger partial charge in [0, 0.05) is 23.6 Å². The van der Waals surface area contributed by atoms with Crippen LogP contribution in [-0.4, -0.2) is 33.4 Å². The molecule has 0 saturated carbocycles. The van der Waals surface area contributed by atoms with Crippen molar-refractivity contribution in [2.45, 2.75) is 6.92 Å². The van der Waals surface area contributed by atoms with E-state index in [-0.39, 0.29) is 6.61 Å². The van der Waals surface area contributed by atoms with Crippen molar-refractivity contribution in [1.82, 2.24) is 15.0 Å². The van der Waals surface area contributed by atoms with Crippen LogP contribution in [0.5, 0.6) is 0 Å². The summed E-state index contributed by atoms with van der Waals surface area (Å²) in [6, 6.07) is 16.1. The smallest absolute Gasteiger partial charge is 0.338 e. The Morgan fingerprint density at radius 3 is 2.76 bits per heavy atom. The van der Waals surface area contributed by atoms with Gasteiger partial charge in [-0.15, -0.1) is 0 Å². The van der Waals surface area contributed by atoms with Gasteiger partial charge in [0.2, 0.25) is 0 Å². The predicted octanol–water partition coefficient (Wildman–Crippen LogP) is 3.73. The molecule has 0 spiro atoms. The molecule has 7 heteroatoms. The molecular weight excluding hydrogens is 368 g/mol. The van der Waals surface area contributed by atoms with Crippen LogP contribution in [0.15, 0.2) is 67.0 Å². The first-order valence-electron chi connectivity index (χ1n) is 9.03. The van der Waals surface area contributed by atoms with Gasteiger partial charge in [-0.1, -0.05) is 18.2 Å². The van der Waals surface area contributed by atoms with Crippen LogP contribution in [0.3, 0.4) is 0 Å². The zero-order valence-electron chi connectivity index (χ0n) is 15.7. The van der Waals surface area contributed by atoms with Crippen LogP contribution in [0.25, 0.3) is 22.4 Å². The Hall–Kier alpha value is -4.00. The number of aryl methyl sites for hydroxylation is 1. The van der Waals surface area contributed by atoms with Crippen molar-refractivity contribution in [3.05, 3.63) is 78.1 Å². The van der Waals surface area contributed by atoms with E-state index in [1.807, 2.05) is 37.3 Å². The second-order valence-electron chi connectivity index (χ2n) is 6.50. The number of para-hydroxylation sites is 1. The minimum absolute atomic E-state index is 0.336. The molecule has 0 unspecified atom stereocenters. The number of hydrogen-bond donors (Lipinski definition) is 2. The fraction of sp³-hybridized carbons (Fsp3) is 0.0909. The molecule has 2 N–H and O–H groups in total. The van der Waals surface area contributed by atoms with E-state index in [2.05, 4.69) is 20.3 Å². The van der Waals surface area contributed by atoms with E-state index >= 15 is 0 Å². The van der Waals surface area contributed by atoms with Crippen LogP contribution < -0.4 is 5.32 Å². The molecule has 4 aromatic rings. The number of imidazole rings is 1. The fourth-order valence-corrected chi connectivity index (χ4v) is 2.89. The number of aromatic amines is 1. The summed E-state index contributed by atoms with van der Waals surface area (Å²) in [4.78, 5) is 36.2. The number of pyridine rings is 1. The Morgan fingerprint density at radius 2 is 1.97 bits per heavy atom. The van der Waals surface area contributed by atoms with E-state index in [1.54, 1.807) is 36.7 Å². The number of nitrogens with zero attached hydrogens (tertiary/aromatic N) is 2. The molecule has 0 bridgehead atoms. The van der Waals surface area contributed by atoms with Crippen LogP contribution in [0.1, 0.15) is 15.9 Å². The number of H-pyrrole nitrogens is 1. The number of amides is 1. The van der Waals surface area contributed by atoms with Gasteiger partial charge in [-0.25, -0.2) is 9.78 Å². The summed E-state index contributed by atoms with van der Waals surface area (Å²) in [5.41, 5.74) is 4.22. The van der Waals surface area contributed by atoms with Gasteiger partial charge in [0.1, 0.15) is 5.82 Å². The highest BCUT2D eigenvalue weighted by Crippen LogP contribution is 2.21. The minimum atomic E-state index is -0.579. The van der Waals surface area contributed by atoms with Crippen molar-refractivity contribution in [2.75, 3.05) is 11.9 Å². The van der Waals surface area contributed by atoms with Crippen LogP contribution in [0, 0.1) is 6.92 Å². The lowest BCUT2D eigenvalue weighted by molar-refractivity contribution is -0.119. The minimum Gasteiger partial charge on any atom is -0.452 e. The average molecular weight is 386 g/mol. The van der Waals surface area contributed by atoms with Gasteiger partial charge in [-0.05, 0) is 48.9 Å². The van der Waals surface area contributed by atoms with Crippen molar-refractivity contribution in [2.24, 2.45) is 0 Å². The number of nitrogens with one attached hydrogen (secondary N) is 2. The van der Waals surface area contributed by atoms with E-state index < -0.39 is 11.9 Å². The zero-order valence-corrected chi connectivity index (χ0v) is 15.7. The molecule has 0 atom stereocenters. The summed E-state index contributed by atoms with van der Waals surface area (Å²) in [7, 11) is 0. The van der Waals surface area contributed by atoms with Crippen LogP contribution in [0.4, 0.5) is 5.69 Å².